The molecule has 2 rings (SSSR count). The van der Waals surface area contributed by atoms with E-state index < -0.39 is 11.5 Å². The summed E-state index contributed by atoms with van der Waals surface area (Å²) in [5.41, 5.74) is 0.143. The number of pyridine rings is 1. The average molecular weight is 235 g/mol. The molecular formula is C11H9NO3S. The minimum absolute atomic E-state index is 0.0336. The highest BCUT2D eigenvalue weighted by Gasteiger charge is 2.17. The number of carboxylic acid groups (broad SMARTS) is 1. The fourth-order valence-electron chi connectivity index (χ4n) is 1.70. The second-order valence-corrected chi connectivity index (χ2v) is 3.86. The molecule has 0 unspecified atom stereocenters. The van der Waals surface area contributed by atoms with E-state index in [0.29, 0.717) is 10.9 Å². The van der Waals surface area contributed by atoms with E-state index in [1.54, 1.807) is 31.3 Å². The van der Waals surface area contributed by atoms with Crippen molar-refractivity contribution in [1.29, 1.82) is 0 Å². The highest BCUT2D eigenvalue weighted by molar-refractivity contribution is 7.80. The van der Waals surface area contributed by atoms with E-state index in [0.717, 1.165) is 0 Å². The quantitative estimate of drug-likeness (QED) is 0.737. The van der Waals surface area contributed by atoms with Gasteiger partial charge in [0.1, 0.15) is 0 Å². The monoisotopic (exact) mass is 235 g/mol. The Morgan fingerprint density at radius 1 is 1.38 bits per heavy atom. The van der Waals surface area contributed by atoms with Crippen molar-refractivity contribution in [3.63, 3.8) is 0 Å². The maximum Gasteiger partial charge on any atom is 0.337 e. The summed E-state index contributed by atoms with van der Waals surface area (Å²) in [6, 6.07) is 6.85. The van der Waals surface area contributed by atoms with Crippen molar-refractivity contribution < 1.29 is 9.90 Å². The standard InChI is InChI=1S/C11H9NO3S/c1-12-7-5-3-2-4-6(7)8(11(14)15)9(16)10(12)13/h2-5,16H,1H3,(H,14,15). The molecule has 1 aromatic carbocycles. The number of rotatable bonds is 1. The molecule has 16 heavy (non-hydrogen) atoms. The fraction of sp³-hybridized carbons (Fsp3) is 0.0909. The van der Waals surface area contributed by atoms with Gasteiger partial charge >= 0.3 is 5.97 Å². The molecule has 0 radical (unpaired) electrons. The van der Waals surface area contributed by atoms with E-state index in [1.807, 2.05) is 0 Å². The van der Waals surface area contributed by atoms with Crippen LogP contribution in [0.5, 0.6) is 0 Å². The van der Waals surface area contributed by atoms with E-state index in [2.05, 4.69) is 12.6 Å². The molecule has 2 aromatic rings. The summed E-state index contributed by atoms with van der Waals surface area (Å²) in [6.07, 6.45) is 0. The van der Waals surface area contributed by atoms with Crippen LogP contribution in [0, 0.1) is 0 Å². The number of nitrogens with zero attached hydrogens (tertiary/aromatic N) is 1. The molecule has 0 aliphatic heterocycles. The Balaban J connectivity index is 3.10. The van der Waals surface area contributed by atoms with Crippen LogP contribution in [0.15, 0.2) is 34.0 Å². The molecule has 0 bridgehead atoms. The molecule has 4 nitrogen and oxygen atoms in total. The summed E-state index contributed by atoms with van der Waals surface area (Å²) in [7, 11) is 1.59. The number of para-hydroxylation sites is 1. The van der Waals surface area contributed by atoms with Crippen LogP contribution >= 0.6 is 12.6 Å². The van der Waals surface area contributed by atoms with Crippen molar-refractivity contribution in [3.05, 3.63) is 40.2 Å². The summed E-state index contributed by atoms with van der Waals surface area (Å²) in [5, 5.41) is 9.60. The number of benzene rings is 1. The zero-order chi connectivity index (χ0) is 11.9. The van der Waals surface area contributed by atoms with Crippen LogP contribution in [0.1, 0.15) is 10.4 Å². The number of thiol groups is 1. The average Bonchev–Trinajstić information content (AvgIpc) is 2.26. The van der Waals surface area contributed by atoms with Gasteiger partial charge in [-0.1, -0.05) is 18.2 Å². The van der Waals surface area contributed by atoms with Gasteiger partial charge in [0, 0.05) is 12.4 Å². The molecule has 1 N–H and O–H groups in total. The van der Waals surface area contributed by atoms with Crippen LogP contribution in [0.3, 0.4) is 0 Å². The van der Waals surface area contributed by atoms with Crippen LogP contribution in [-0.4, -0.2) is 15.6 Å². The first-order chi connectivity index (χ1) is 7.54. The SMILES string of the molecule is Cn1c(=O)c(S)c(C(=O)O)c2ccccc21. The summed E-state index contributed by atoms with van der Waals surface area (Å²) >= 11 is 3.98. The first kappa shape index (κ1) is 10.8. The highest BCUT2D eigenvalue weighted by Crippen LogP contribution is 2.21. The third-order valence-corrected chi connectivity index (χ3v) is 2.91. The number of aromatic carboxylic acids is 1. The second kappa shape index (κ2) is 3.68. The van der Waals surface area contributed by atoms with Gasteiger partial charge in [-0.25, -0.2) is 4.79 Å². The largest absolute Gasteiger partial charge is 0.478 e. The van der Waals surface area contributed by atoms with Crippen LogP contribution < -0.4 is 5.56 Å². The smallest absolute Gasteiger partial charge is 0.337 e. The molecule has 0 aliphatic carbocycles. The molecule has 0 saturated carbocycles. The van der Waals surface area contributed by atoms with Gasteiger partial charge in [-0.3, -0.25) is 4.79 Å². The summed E-state index contributed by atoms with van der Waals surface area (Å²) in [6.45, 7) is 0. The molecular weight excluding hydrogens is 226 g/mol. The molecule has 0 amide bonds. The lowest BCUT2D eigenvalue weighted by molar-refractivity contribution is 0.0695. The first-order valence-corrected chi connectivity index (χ1v) is 5.02. The Morgan fingerprint density at radius 3 is 2.62 bits per heavy atom. The molecule has 0 fully saturated rings. The van der Waals surface area contributed by atoms with E-state index in [4.69, 9.17) is 5.11 Å². The topological polar surface area (TPSA) is 59.3 Å². The van der Waals surface area contributed by atoms with Gasteiger partial charge < -0.3 is 9.67 Å². The zero-order valence-corrected chi connectivity index (χ0v) is 9.36. The summed E-state index contributed by atoms with van der Waals surface area (Å²) in [5.74, 6) is -1.14. The Morgan fingerprint density at radius 2 is 2.00 bits per heavy atom. The molecule has 0 aliphatic rings. The molecule has 5 heteroatoms. The predicted octanol–water partition coefficient (Wildman–Crippen LogP) is 1.53. The Labute approximate surface area is 96.5 Å². The number of hydrogen-bond donors (Lipinski definition) is 2. The number of aromatic nitrogens is 1. The second-order valence-electron chi connectivity index (χ2n) is 3.41. The van der Waals surface area contributed by atoms with Crippen LogP contribution in [-0.2, 0) is 7.05 Å². The van der Waals surface area contributed by atoms with Crippen molar-refractivity contribution in [2.75, 3.05) is 0 Å². The summed E-state index contributed by atoms with van der Waals surface area (Å²) in [4.78, 5) is 22.8. The van der Waals surface area contributed by atoms with E-state index in [9.17, 15) is 9.59 Å². The van der Waals surface area contributed by atoms with Crippen molar-refractivity contribution in [1.82, 2.24) is 4.57 Å². The van der Waals surface area contributed by atoms with Crippen LogP contribution in [0.4, 0.5) is 0 Å². The fourth-order valence-corrected chi connectivity index (χ4v) is 2.06. The van der Waals surface area contributed by atoms with E-state index >= 15 is 0 Å². The lowest BCUT2D eigenvalue weighted by Crippen LogP contribution is -2.21. The van der Waals surface area contributed by atoms with Crippen molar-refractivity contribution in [2.24, 2.45) is 7.05 Å². The molecule has 0 atom stereocenters. The van der Waals surface area contributed by atoms with Crippen molar-refractivity contribution >= 4 is 29.5 Å². The van der Waals surface area contributed by atoms with Crippen molar-refractivity contribution in [2.45, 2.75) is 4.90 Å². The minimum Gasteiger partial charge on any atom is -0.478 e. The number of fused-ring (bicyclic) bond motifs is 1. The number of carbonyl (C=O) groups is 1. The Bertz CT molecular complexity index is 645. The maximum atomic E-state index is 11.7. The number of hydrogen-bond acceptors (Lipinski definition) is 3. The minimum atomic E-state index is -1.14. The van der Waals surface area contributed by atoms with Gasteiger partial charge in [-0.05, 0) is 6.07 Å². The summed E-state index contributed by atoms with van der Waals surface area (Å²) < 4.78 is 1.39. The van der Waals surface area contributed by atoms with Crippen molar-refractivity contribution in [3.8, 4) is 0 Å². The Kier molecular flexibility index (Phi) is 2.47. The lowest BCUT2D eigenvalue weighted by Gasteiger charge is -2.09. The third-order valence-electron chi connectivity index (χ3n) is 2.49. The van der Waals surface area contributed by atoms with E-state index in [-0.39, 0.29) is 10.5 Å². The molecule has 1 aromatic heterocycles. The highest BCUT2D eigenvalue weighted by atomic mass is 32.1. The number of aryl methyl sites for hydroxylation is 1. The van der Waals surface area contributed by atoms with E-state index in [1.165, 1.54) is 4.57 Å². The van der Waals surface area contributed by atoms with Crippen LogP contribution in [0.2, 0.25) is 0 Å². The normalized spacial score (nSPS) is 10.6. The molecule has 0 spiro atoms. The lowest BCUT2D eigenvalue weighted by atomic mass is 10.1. The predicted molar refractivity (Wildman–Crippen MR) is 63.4 cm³/mol. The molecule has 1 heterocycles. The van der Waals surface area contributed by atoms with Gasteiger partial charge in [-0.15, -0.1) is 12.6 Å². The number of carboxylic acids is 1. The molecule has 82 valence electrons. The van der Waals surface area contributed by atoms with Crippen LogP contribution in [0.25, 0.3) is 10.9 Å². The van der Waals surface area contributed by atoms with Gasteiger partial charge in [0.15, 0.2) is 0 Å². The van der Waals surface area contributed by atoms with Gasteiger partial charge in [0.05, 0.1) is 16.0 Å². The zero-order valence-electron chi connectivity index (χ0n) is 8.47. The first-order valence-electron chi connectivity index (χ1n) is 4.58. The Hall–Kier alpha value is -1.75. The van der Waals surface area contributed by atoms with Gasteiger partial charge in [0.25, 0.3) is 5.56 Å². The van der Waals surface area contributed by atoms with Gasteiger partial charge in [0.2, 0.25) is 0 Å². The molecule has 0 saturated heterocycles. The third kappa shape index (κ3) is 1.40. The maximum absolute atomic E-state index is 11.7. The van der Waals surface area contributed by atoms with Gasteiger partial charge in [-0.2, -0.15) is 0 Å².